The fourth-order valence-corrected chi connectivity index (χ4v) is 3.31. The Morgan fingerprint density at radius 1 is 1.56 bits per heavy atom. The minimum atomic E-state index is 0.412. The van der Waals surface area contributed by atoms with Gasteiger partial charge in [0.15, 0.2) is 0 Å². The van der Waals surface area contributed by atoms with Gasteiger partial charge in [0.25, 0.3) is 0 Å². The van der Waals surface area contributed by atoms with E-state index in [0.29, 0.717) is 12.5 Å². The van der Waals surface area contributed by atoms with Crippen molar-refractivity contribution in [3.63, 3.8) is 0 Å². The summed E-state index contributed by atoms with van der Waals surface area (Å²) >= 11 is 1.86. The number of hydrogen-bond acceptors (Lipinski definition) is 4. The van der Waals surface area contributed by atoms with Gasteiger partial charge in [0, 0.05) is 36.9 Å². The monoisotopic (exact) mass is 239 g/mol. The zero-order chi connectivity index (χ0) is 11.5. The quantitative estimate of drug-likeness (QED) is 0.873. The molecule has 1 unspecified atom stereocenters. The van der Waals surface area contributed by atoms with Crippen molar-refractivity contribution in [1.82, 2.24) is 9.88 Å². The van der Waals surface area contributed by atoms with Crippen molar-refractivity contribution in [3.05, 3.63) is 15.6 Å². The summed E-state index contributed by atoms with van der Waals surface area (Å²) < 4.78 is 0. The van der Waals surface area contributed by atoms with Gasteiger partial charge in [-0.25, -0.2) is 4.98 Å². The van der Waals surface area contributed by atoms with E-state index in [2.05, 4.69) is 18.7 Å². The molecule has 2 N–H and O–H groups in total. The predicted molar refractivity (Wildman–Crippen MR) is 68.9 cm³/mol. The first-order valence-electron chi connectivity index (χ1n) is 6.15. The van der Waals surface area contributed by atoms with Gasteiger partial charge < -0.3 is 5.73 Å². The molecule has 1 atom stereocenters. The van der Waals surface area contributed by atoms with E-state index in [4.69, 9.17) is 10.7 Å². The molecule has 1 aromatic rings. The maximum absolute atomic E-state index is 5.69. The summed E-state index contributed by atoms with van der Waals surface area (Å²) in [5.74, 6) is 0.412. The molecule has 2 rings (SSSR count). The van der Waals surface area contributed by atoms with Gasteiger partial charge >= 0.3 is 0 Å². The largest absolute Gasteiger partial charge is 0.330 e. The second-order valence-electron chi connectivity index (χ2n) is 4.58. The first-order valence-corrected chi connectivity index (χ1v) is 6.97. The number of fused-ring (bicyclic) bond motifs is 1. The van der Waals surface area contributed by atoms with E-state index in [1.54, 1.807) is 0 Å². The van der Waals surface area contributed by atoms with Crippen LogP contribution >= 0.6 is 11.3 Å². The molecule has 0 spiro atoms. The Labute approximate surface area is 102 Å². The molecule has 16 heavy (non-hydrogen) atoms. The highest BCUT2D eigenvalue weighted by atomic mass is 32.1. The third-order valence-electron chi connectivity index (χ3n) is 3.14. The first kappa shape index (κ1) is 12.0. The molecule has 3 nitrogen and oxygen atoms in total. The Balaban J connectivity index is 2.10. The van der Waals surface area contributed by atoms with Gasteiger partial charge in [0.1, 0.15) is 0 Å². The Morgan fingerprint density at radius 2 is 2.38 bits per heavy atom. The summed E-state index contributed by atoms with van der Waals surface area (Å²) in [6.07, 6.45) is 2.35. The van der Waals surface area contributed by atoms with Crippen molar-refractivity contribution >= 4 is 11.3 Å². The lowest BCUT2D eigenvalue weighted by Gasteiger charge is -2.25. The molecular formula is C12H21N3S. The highest BCUT2D eigenvalue weighted by Crippen LogP contribution is 2.28. The minimum absolute atomic E-state index is 0.412. The highest BCUT2D eigenvalue weighted by Gasteiger charge is 2.21. The average molecular weight is 239 g/mol. The first-order chi connectivity index (χ1) is 7.74. The third-order valence-corrected chi connectivity index (χ3v) is 4.46. The van der Waals surface area contributed by atoms with E-state index >= 15 is 0 Å². The normalized spacial score (nSPS) is 18.4. The lowest BCUT2D eigenvalue weighted by molar-refractivity contribution is 0.256. The molecule has 0 amide bonds. The second kappa shape index (κ2) is 5.25. The zero-order valence-electron chi connectivity index (χ0n) is 10.2. The molecule has 0 bridgehead atoms. The van der Waals surface area contributed by atoms with E-state index in [9.17, 15) is 0 Å². The number of hydrogen-bond donors (Lipinski definition) is 1. The van der Waals surface area contributed by atoms with Crippen LogP contribution in [-0.4, -0.2) is 29.5 Å². The standard InChI is InChI=1S/C12H21N3S/c1-3-5-15-6-4-10-11(8-15)16-12(14-10)9(2)7-13/h9H,3-8,13H2,1-2H3. The summed E-state index contributed by atoms with van der Waals surface area (Å²) in [6, 6.07) is 0. The Kier molecular flexibility index (Phi) is 3.95. The number of nitrogens with zero attached hydrogens (tertiary/aromatic N) is 2. The van der Waals surface area contributed by atoms with Crippen LogP contribution in [0.3, 0.4) is 0 Å². The third kappa shape index (κ3) is 2.44. The second-order valence-corrected chi connectivity index (χ2v) is 5.70. The summed E-state index contributed by atoms with van der Waals surface area (Å²) in [7, 11) is 0. The van der Waals surface area contributed by atoms with Crippen molar-refractivity contribution < 1.29 is 0 Å². The Hall–Kier alpha value is -0.450. The zero-order valence-corrected chi connectivity index (χ0v) is 11.0. The number of nitrogens with two attached hydrogens (primary N) is 1. The minimum Gasteiger partial charge on any atom is -0.330 e. The van der Waals surface area contributed by atoms with Gasteiger partial charge in [-0.1, -0.05) is 13.8 Å². The van der Waals surface area contributed by atoms with Crippen molar-refractivity contribution in [2.75, 3.05) is 19.6 Å². The van der Waals surface area contributed by atoms with Crippen LogP contribution in [0.1, 0.15) is 41.8 Å². The van der Waals surface area contributed by atoms with E-state index in [1.807, 2.05) is 11.3 Å². The molecule has 0 radical (unpaired) electrons. The number of rotatable bonds is 4. The van der Waals surface area contributed by atoms with Gasteiger partial charge in [0.2, 0.25) is 0 Å². The topological polar surface area (TPSA) is 42.2 Å². The SMILES string of the molecule is CCCN1CCc2nc(C(C)CN)sc2C1. The molecular weight excluding hydrogens is 218 g/mol. The van der Waals surface area contributed by atoms with Crippen LogP contribution in [0.2, 0.25) is 0 Å². The summed E-state index contributed by atoms with van der Waals surface area (Å²) in [5, 5.41) is 1.23. The summed E-state index contributed by atoms with van der Waals surface area (Å²) in [5.41, 5.74) is 7.02. The van der Waals surface area contributed by atoms with Gasteiger partial charge in [-0.2, -0.15) is 0 Å². The number of thiazole rings is 1. The number of aromatic nitrogens is 1. The molecule has 4 heteroatoms. The van der Waals surface area contributed by atoms with Crippen molar-refractivity contribution in [2.24, 2.45) is 5.73 Å². The molecule has 0 fully saturated rings. The van der Waals surface area contributed by atoms with Crippen molar-refractivity contribution in [2.45, 2.75) is 39.2 Å². The van der Waals surface area contributed by atoms with Crippen LogP contribution < -0.4 is 5.73 Å². The van der Waals surface area contributed by atoms with E-state index < -0.39 is 0 Å². The lowest BCUT2D eigenvalue weighted by atomic mass is 10.1. The average Bonchev–Trinajstić information content (AvgIpc) is 2.71. The fraction of sp³-hybridized carbons (Fsp3) is 0.750. The fourth-order valence-electron chi connectivity index (χ4n) is 2.09. The Morgan fingerprint density at radius 3 is 3.06 bits per heavy atom. The molecule has 1 aliphatic heterocycles. The maximum atomic E-state index is 5.69. The van der Waals surface area contributed by atoms with E-state index in [0.717, 1.165) is 13.0 Å². The predicted octanol–water partition coefficient (Wildman–Crippen LogP) is 1.97. The summed E-state index contributed by atoms with van der Waals surface area (Å²) in [6.45, 7) is 8.57. The van der Waals surface area contributed by atoms with Crippen molar-refractivity contribution in [3.8, 4) is 0 Å². The summed E-state index contributed by atoms with van der Waals surface area (Å²) in [4.78, 5) is 8.72. The molecule has 1 aliphatic rings. The molecule has 0 saturated heterocycles. The van der Waals surface area contributed by atoms with Gasteiger partial charge in [0.05, 0.1) is 10.7 Å². The molecule has 1 aromatic heterocycles. The molecule has 2 heterocycles. The molecule has 0 aliphatic carbocycles. The van der Waals surface area contributed by atoms with Crippen LogP contribution in [-0.2, 0) is 13.0 Å². The van der Waals surface area contributed by atoms with Gasteiger partial charge in [-0.15, -0.1) is 11.3 Å². The maximum Gasteiger partial charge on any atom is 0.0972 e. The van der Waals surface area contributed by atoms with Gasteiger partial charge in [-0.05, 0) is 13.0 Å². The lowest BCUT2D eigenvalue weighted by Crippen LogP contribution is -2.30. The van der Waals surface area contributed by atoms with Crippen LogP contribution in [0, 0.1) is 0 Å². The smallest absolute Gasteiger partial charge is 0.0972 e. The molecule has 0 aromatic carbocycles. The molecule has 90 valence electrons. The van der Waals surface area contributed by atoms with Gasteiger partial charge in [-0.3, -0.25) is 4.90 Å². The van der Waals surface area contributed by atoms with Crippen LogP contribution in [0.25, 0.3) is 0 Å². The van der Waals surface area contributed by atoms with Crippen LogP contribution in [0.4, 0.5) is 0 Å². The van der Waals surface area contributed by atoms with E-state index in [-0.39, 0.29) is 0 Å². The Bertz CT molecular complexity index is 348. The van der Waals surface area contributed by atoms with Crippen molar-refractivity contribution in [1.29, 1.82) is 0 Å². The van der Waals surface area contributed by atoms with Crippen LogP contribution in [0.15, 0.2) is 0 Å². The van der Waals surface area contributed by atoms with E-state index in [1.165, 1.54) is 35.1 Å². The highest BCUT2D eigenvalue weighted by molar-refractivity contribution is 7.11. The van der Waals surface area contributed by atoms with Crippen LogP contribution in [0.5, 0.6) is 0 Å². The molecule has 0 saturated carbocycles.